The molecule has 0 unspecified atom stereocenters. The molecule has 7 heteroatoms. The topological polar surface area (TPSA) is 92.1 Å². The maximum Gasteiger partial charge on any atom is 0.340 e. The molecule has 0 radical (unpaired) electrons. The average Bonchev–Trinajstić information content (AvgIpc) is 2.44. The van der Waals surface area contributed by atoms with E-state index in [0.717, 1.165) is 0 Å². The van der Waals surface area contributed by atoms with E-state index in [1.165, 1.54) is 12.4 Å². The summed E-state index contributed by atoms with van der Waals surface area (Å²) in [7, 11) is 0. The molecule has 0 bridgehead atoms. The molecule has 0 aromatic carbocycles. The summed E-state index contributed by atoms with van der Waals surface area (Å²) in [6.45, 7) is 4.82. The lowest BCUT2D eigenvalue weighted by atomic mass is 9.90. The van der Waals surface area contributed by atoms with Gasteiger partial charge in [-0.2, -0.15) is 5.26 Å². The van der Waals surface area contributed by atoms with E-state index in [2.05, 4.69) is 26.2 Å². The number of carbonyl (C=O) groups is 2. The Morgan fingerprint density at radius 1 is 1.52 bits per heavy atom. The van der Waals surface area contributed by atoms with Crippen LogP contribution in [-0.4, -0.2) is 29.0 Å². The first-order valence-electron chi connectivity index (χ1n) is 6.28. The number of nitrogens with zero attached hydrogens (tertiary/aromatic N) is 2. The average molecular weight is 354 g/mol. The highest BCUT2D eigenvalue weighted by molar-refractivity contribution is 9.10. The highest BCUT2D eigenvalue weighted by Crippen LogP contribution is 2.15. The van der Waals surface area contributed by atoms with Crippen LogP contribution < -0.4 is 5.32 Å². The van der Waals surface area contributed by atoms with Crippen molar-refractivity contribution in [3.8, 4) is 6.07 Å². The first-order chi connectivity index (χ1) is 9.78. The smallest absolute Gasteiger partial charge is 0.340 e. The van der Waals surface area contributed by atoms with Crippen LogP contribution in [0, 0.1) is 17.2 Å². The molecular weight excluding hydrogens is 338 g/mol. The maximum absolute atomic E-state index is 11.8. The second-order valence-electron chi connectivity index (χ2n) is 4.98. The number of hydrogen-bond donors (Lipinski definition) is 1. The highest BCUT2D eigenvalue weighted by Gasteiger charge is 2.30. The van der Waals surface area contributed by atoms with E-state index in [9.17, 15) is 9.59 Å². The summed E-state index contributed by atoms with van der Waals surface area (Å²) in [6.07, 6.45) is 2.88. The fraction of sp³-hybridized carbons (Fsp3) is 0.429. The Bertz CT molecular complexity index is 583. The third kappa shape index (κ3) is 4.83. The molecule has 21 heavy (non-hydrogen) atoms. The Kier molecular flexibility index (Phi) is 5.85. The Hall–Kier alpha value is -1.94. The first-order valence-corrected chi connectivity index (χ1v) is 7.07. The maximum atomic E-state index is 11.8. The van der Waals surface area contributed by atoms with Gasteiger partial charge >= 0.3 is 5.97 Å². The molecule has 1 rings (SSSR count). The zero-order valence-corrected chi connectivity index (χ0v) is 13.6. The number of hydrogen-bond acceptors (Lipinski definition) is 5. The molecule has 1 atom stereocenters. The van der Waals surface area contributed by atoms with Crippen LogP contribution in [0.5, 0.6) is 0 Å². The number of aromatic nitrogens is 1. The summed E-state index contributed by atoms with van der Waals surface area (Å²) in [4.78, 5) is 27.3. The minimum atomic E-state index is -0.999. The molecule has 1 amide bonds. The summed E-state index contributed by atoms with van der Waals surface area (Å²) >= 11 is 3.19. The minimum absolute atomic E-state index is 0.0727. The van der Waals surface area contributed by atoms with E-state index in [1.807, 2.05) is 19.9 Å². The largest absolute Gasteiger partial charge is 0.452 e. The zero-order valence-electron chi connectivity index (χ0n) is 12.0. The molecule has 0 fully saturated rings. The monoisotopic (exact) mass is 353 g/mol. The van der Waals surface area contributed by atoms with Gasteiger partial charge in [-0.3, -0.25) is 9.78 Å². The van der Waals surface area contributed by atoms with E-state index in [1.54, 1.807) is 13.0 Å². The van der Waals surface area contributed by atoms with Gasteiger partial charge in [0, 0.05) is 16.9 Å². The van der Waals surface area contributed by atoms with Crippen LogP contribution in [0.3, 0.4) is 0 Å². The lowest BCUT2D eigenvalue weighted by molar-refractivity contribution is -0.125. The van der Waals surface area contributed by atoms with Gasteiger partial charge in [-0.05, 0) is 34.8 Å². The van der Waals surface area contributed by atoms with E-state index in [0.29, 0.717) is 4.47 Å². The van der Waals surface area contributed by atoms with Crippen molar-refractivity contribution >= 4 is 27.8 Å². The van der Waals surface area contributed by atoms with Crippen LogP contribution >= 0.6 is 15.9 Å². The minimum Gasteiger partial charge on any atom is -0.452 e. The van der Waals surface area contributed by atoms with Crippen molar-refractivity contribution in [3.63, 3.8) is 0 Å². The van der Waals surface area contributed by atoms with Gasteiger partial charge in [-0.1, -0.05) is 13.8 Å². The Morgan fingerprint density at radius 3 is 2.71 bits per heavy atom. The van der Waals surface area contributed by atoms with Gasteiger partial charge in [-0.25, -0.2) is 4.79 Å². The van der Waals surface area contributed by atoms with Crippen LogP contribution in [0.2, 0.25) is 0 Å². The van der Waals surface area contributed by atoms with Gasteiger partial charge in [0.1, 0.15) is 5.54 Å². The molecule has 0 aliphatic carbocycles. The first kappa shape index (κ1) is 17.1. The molecule has 1 aromatic rings. The molecule has 0 saturated carbocycles. The predicted octanol–water partition coefficient (Wildman–Crippen LogP) is 2.06. The molecule has 1 N–H and O–H groups in total. The van der Waals surface area contributed by atoms with E-state index in [-0.39, 0.29) is 11.5 Å². The second-order valence-corrected chi connectivity index (χ2v) is 5.90. The van der Waals surface area contributed by atoms with Crippen LogP contribution in [0.4, 0.5) is 0 Å². The SMILES string of the molecule is CC(C)[C@](C)(C#N)NC(=O)COC(=O)c1cncc(Br)c1. The fourth-order valence-electron chi connectivity index (χ4n) is 1.37. The fourth-order valence-corrected chi connectivity index (χ4v) is 1.73. The summed E-state index contributed by atoms with van der Waals surface area (Å²) in [5, 5.41) is 11.7. The van der Waals surface area contributed by atoms with Crippen molar-refractivity contribution in [3.05, 3.63) is 28.5 Å². The van der Waals surface area contributed by atoms with Gasteiger partial charge in [0.15, 0.2) is 6.61 Å². The molecule has 0 spiro atoms. The molecule has 1 aromatic heterocycles. The van der Waals surface area contributed by atoms with E-state index in [4.69, 9.17) is 10.00 Å². The van der Waals surface area contributed by atoms with Crippen molar-refractivity contribution in [1.29, 1.82) is 5.26 Å². The summed E-state index contributed by atoms with van der Waals surface area (Å²) < 4.78 is 5.53. The van der Waals surface area contributed by atoms with Crippen molar-refractivity contribution in [2.45, 2.75) is 26.3 Å². The zero-order chi connectivity index (χ0) is 16.0. The number of halogens is 1. The number of carbonyl (C=O) groups excluding carboxylic acids is 2. The molecular formula is C14H16BrN3O3. The van der Waals surface area contributed by atoms with Crippen LogP contribution in [0.1, 0.15) is 31.1 Å². The molecule has 1 heterocycles. The summed E-state index contributed by atoms with van der Waals surface area (Å²) in [6, 6.07) is 3.59. The lowest BCUT2D eigenvalue weighted by Gasteiger charge is -2.27. The van der Waals surface area contributed by atoms with Crippen LogP contribution in [0.25, 0.3) is 0 Å². The molecule has 6 nitrogen and oxygen atoms in total. The predicted molar refractivity (Wildman–Crippen MR) is 79.2 cm³/mol. The number of amides is 1. The second kappa shape index (κ2) is 7.18. The van der Waals surface area contributed by atoms with Crippen molar-refractivity contribution in [2.24, 2.45) is 5.92 Å². The number of esters is 1. The van der Waals surface area contributed by atoms with Gasteiger partial charge in [0.05, 0.1) is 11.6 Å². The summed E-state index contributed by atoms with van der Waals surface area (Å²) in [5.41, 5.74) is -0.759. The number of rotatable bonds is 5. The van der Waals surface area contributed by atoms with Crippen LogP contribution in [-0.2, 0) is 9.53 Å². The number of nitriles is 1. The Labute approximate surface area is 131 Å². The standard InChI is InChI=1S/C14H16BrN3O3/c1-9(2)14(3,8-16)18-12(19)7-21-13(20)10-4-11(15)6-17-5-10/h4-6,9H,7H2,1-3H3,(H,18,19)/t14-/m0/s1. The highest BCUT2D eigenvalue weighted by atomic mass is 79.9. The molecule has 112 valence electrons. The van der Waals surface area contributed by atoms with E-state index >= 15 is 0 Å². The number of ether oxygens (including phenoxy) is 1. The Morgan fingerprint density at radius 2 is 2.19 bits per heavy atom. The number of nitrogens with one attached hydrogen (secondary N) is 1. The third-order valence-corrected chi connectivity index (χ3v) is 3.49. The number of pyridine rings is 1. The van der Waals surface area contributed by atoms with Gasteiger partial charge in [0.25, 0.3) is 5.91 Å². The van der Waals surface area contributed by atoms with E-state index < -0.39 is 24.0 Å². The van der Waals surface area contributed by atoms with Crippen molar-refractivity contribution in [1.82, 2.24) is 10.3 Å². The van der Waals surface area contributed by atoms with Gasteiger partial charge in [-0.15, -0.1) is 0 Å². The summed E-state index contributed by atoms with van der Waals surface area (Å²) in [5.74, 6) is -1.25. The molecule has 0 aliphatic heterocycles. The lowest BCUT2D eigenvalue weighted by Crippen LogP contribution is -2.50. The third-order valence-electron chi connectivity index (χ3n) is 3.06. The molecule has 0 saturated heterocycles. The van der Waals surface area contributed by atoms with Crippen molar-refractivity contribution < 1.29 is 14.3 Å². The Balaban J connectivity index is 2.58. The van der Waals surface area contributed by atoms with Crippen molar-refractivity contribution in [2.75, 3.05) is 6.61 Å². The molecule has 0 aliphatic rings. The quantitative estimate of drug-likeness (QED) is 0.817. The van der Waals surface area contributed by atoms with Gasteiger partial charge < -0.3 is 10.1 Å². The van der Waals surface area contributed by atoms with Crippen LogP contribution in [0.15, 0.2) is 22.9 Å². The van der Waals surface area contributed by atoms with Gasteiger partial charge in [0.2, 0.25) is 0 Å². The normalized spacial score (nSPS) is 13.1.